The van der Waals surface area contributed by atoms with Gasteiger partial charge in [-0.2, -0.15) is 0 Å². The number of benzene rings is 3. The van der Waals surface area contributed by atoms with Crippen LogP contribution in [0.15, 0.2) is 78.9 Å². The summed E-state index contributed by atoms with van der Waals surface area (Å²) in [5.41, 5.74) is 2.38. The molecule has 0 unspecified atom stereocenters. The van der Waals surface area contributed by atoms with Gasteiger partial charge in [-0.3, -0.25) is 0 Å². The maximum atomic E-state index is 11.2. The first kappa shape index (κ1) is 19.1. The van der Waals surface area contributed by atoms with Crippen LogP contribution in [0.2, 0.25) is 0 Å². The summed E-state index contributed by atoms with van der Waals surface area (Å²) in [6, 6.07) is 23.2. The molecule has 2 N–H and O–H groups in total. The van der Waals surface area contributed by atoms with Crippen LogP contribution in [0.5, 0.6) is 11.5 Å². The number of para-hydroxylation sites is 1. The van der Waals surface area contributed by atoms with Crippen LogP contribution in [0.4, 0.5) is 0 Å². The molecule has 134 valence electrons. The highest BCUT2D eigenvalue weighted by atomic mass is 16.5. The third-order valence-electron chi connectivity index (χ3n) is 3.53. The van der Waals surface area contributed by atoms with E-state index in [1.807, 2.05) is 55.5 Å². The van der Waals surface area contributed by atoms with E-state index in [4.69, 9.17) is 9.84 Å². The first-order valence-electron chi connectivity index (χ1n) is 8.41. The molecule has 0 radical (unpaired) electrons. The van der Waals surface area contributed by atoms with Gasteiger partial charge >= 0.3 is 5.97 Å². The fraction of sp³-hybridized carbons (Fsp3) is 0.136. The number of carbonyl (C=O) groups excluding carboxylic acids is 1. The van der Waals surface area contributed by atoms with Gasteiger partial charge in [-0.05, 0) is 42.3 Å². The zero-order chi connectivity index (χ0) is 18.8. The number of phenolic OH excluding ortho intramolecular Hbond substituents is 2. The van der Waals surface area contributed by atoms with Crippen molar-refractivity contribution in [2.24, 2.45) is 0 Å². The number of phenols is 2. The van der Waals surface area contributed by atoms with Crippen molar-refractivity contribution in [2.75, 3.05) is 6.61 Å². The van der Waals surface area contributed by atoms with Crippen LogP contribution in [0.25, 0.3) is 11.1 Å². The molecule has 0 spiro atoms. The lowest BCUT2D eigenvalue weighted by Crippen LogP contribution is -2.05. The molecule has 26 heavy (non-hydrogen) atoms. The highest BCUT2D eigenvalue weighted by molar-refractivity contribution is 5.89. The summed E-state index contributed by atoms with van der Waals surface area (Å²) in [6.07, 6.45) is 0.809. The lowest BCUT2D eigenvalue weighted by atomic mass is 10.1. The fourth-order valence-electron chi connectivity index (χ4n) is 2.21. The quantitative estimate of drug-likeness (QED) is 0.649. The van der Waals surface area contributed by atoms with Gasteiger partial charge in [0.2, 0.25) is 0 Å². The van der Waals surface area contributed by atoms with E-state index < -0.39 is 0 Å². The minimum atomic E-state index is -0.346. The minimum Gasteiger partial charge on any atom is -0.508 e. The zero-order valence-electron chi connectivity index (χ0n) is 14.6. The third kappa shape index (κ3) is 5.67. The Kier molecular flexibility index (Phi) is 7.25. The van der Waals surface area contributed by atoms with Crippen molar-refractivity contribution in [3.8, 4) is 22.6 Å². The summed E-state index contributed by atoms with van der Waals surface area (Å²) in [7, 11) is 0. The van der Waals surface area contributed by atoms with Crippen molar-refractivity contribution < 1.29 is 19.7 Å². The summed E-state index contributed by atoms with van der Waals surface area (Å²) < 4.78 is 4.90. The van der Waals surface area contributed by atoms with Crippen molar-refractivity contribution >= 4 is 5.97 Å². The van der Waals surface area contributed by atoms with Gasteiger partial charge in [0, 0.05) is 5.56 Å². The van der Waals surface area contributed by atoms with Crippen molar-refractivity contribution in [3.05, 3.63) is 84.4 Å². The predicted molar refractivity (Wildman–Crippen MR) is 102 cm³/mol. The number of ether oxygens (including phenoxy) is 1. The summed E-state index contributed by atoms with van der Waals surface area (Å²) in [6.45, 7) is 2.36. The number of aromatic hydroxyl groups is 2. The first-order valence-corrected chi connectivity index (χ1v) is 8.41. The molecule has 3 aromatic rings. The van der Waals surface area contributed by atoms with E-state index in [0.717, 1.165) is 17.5 Å². The molecule has 4 nitrogen and oxygen atoms in total. The second kappa shape index (κ2) is 9.89. The van der Waals surface area contributed by atoms with E-state index in [1.165, 1.54) is 24.3 Å². The Bertz CT molecular complexity index is 811. The molecular weight excluding hydrogens is 328 g/mol. The van der Waals surface area contributed by atoms with E-state index in [2.05, 4.69) is 0 Å². The topological polar surface area (TPSA) is 66.8 Å². The molecular formula is C22H22O4. The lowest BCUT2D eigenvalue weighted by Gasteiger charge is -2.02. The van der Waals surface area contributed by atoms with E-state index in [-0.39, 0.29) is 11.7 Å². The van der Waals surface area contributed by atoms with Gasteiger partial charge in [0.25, 0.3) is 0 Å². The Morgan fingerprint density at radius 3 is 2.08 bits per heavy atom. The Balaban J connectivity index is 0.000000187. The monoisotopic (exact) mass is 350 g/mol. The van der Waals surface area contributed by atoms with Gasteiger partial charge in [0.1, 0.15) is 11.5 Å². The molecule has 0 fully saturated rings. The van der Waals surface area contributed by atoms with Gasteiger partial charge in [0.05, 0.1) is 12.2 Å². The van der Waals surface area contributed by atoms with E-state index in [1.54, 1.807) is 6.07 Å². The maximum absolute atomic E-state index is 11.2. The Labute approximate surface area is 153 Å². The molecule has 0 aliphatic rings. The smallest absolute Gasteiger partial charge is 0.338 e. The van der Waals surface area contributed by atoms with Crippen LogP contribution >= 0.6 is 0 Å². The molecule has 0 aliphatic heterocycles. The van der Waals surface area contributed by atoms with Crippen molar-refractivity contribution in [1.29, 1.82) is 0 Å². The van der Waals surface area contributed by atoms with Crippen LogP contribution < -0.4 is 0 Å². The Morgan fingerprint density at radius 2 is 1.46 bits per heavy atom. The molecule has 0 saturated heterocycles. The second-order valence-electron chi connectivity index (χ2n) is 5.57. The van der Waals surface area contributed by atoms with E-state index in [0.29, 0.717) is 17.9 Å². The van der Waals surface area contributed by atoms with Crippen molar-refractivity contribution in [1.82, 2.24) is 0 Å². The normalized spacial score (nSPS) is 9.73. The molecule has 0 bridgehead atoms. The molecule has 0 heterocycles. The summed E-state index contributed by atoms with van der Waals surface area (Å²) >= 11 is 0. The first-order chi connectivity index (χ1) is 12.6. The van der Waals surface area contributed by atoms with Crippen molar-refractivity contribution in [3.63, 3.8) is 0 Å². The fourth-order valence-corrected chi connectivity index (χ4v) is 2.21. The van der Waals surface area contributed by atoms with Gasteiger partial charge in [-0.1, -0.05) is 55.5 Å². The number of esters is 1. The standard InChI is InChI=1S/C12H10O.C10H12O3/c13-12-9-5-4-8-11(12)10-6-2-1-3-7-10;1-2-7-13-10(12)8-3-5-9(11)6-4-8/h1-9,13H;3-6,11H,2,7H2,1H3. The van der Waals surface area contributed by atoms with Crippen LogP contribution in [0.3, 0.4) is 0 Å². The van der Waals surface area contributed by atoms with E-state index >= 15 is 0 Å². The van der Waals surface area contributed by atoms with Gasteiger partial charge < -0.3 is 14.9 Å². The Morgan fingerprint density at radius 1 is 0.846 bits per heavy atom. The molecule has 4 heteroatoms. The van der Waals surface area contributed by atoms with Crippen molar-refractivity contribution in [2.45, 2.75) is 13.3 Å². The van der Waals surface area contributed by atoms with Gasteiger partial charge in [0.15, 0.2) is 0 Å². The van der Waals surface area contributed by atoms with Crippen LogP contribution in [0, 0.1) is 0 Å². The average molecular weight is 350 g/mol. The number of hydrogen-bond acceptors (Lipinski definition) is 4. The lowest BCUT2D eigenvalue weighted by molar-refractivity contribution is 0.0505. The SMILES string of the molecule is CCCOC(=O)c1ccc(O)cc1.Oc1ccccc1-c1ccccc1. The van der Waals surface area contributed by atoms with Gasteiger partial charge in [-0.15, -0.1) is 0 Å². The van der Waals surface area contributed by atoms with Crippen LogP contribution in [0.1, 0.15) is 23.7 Å². The van der Waals surface area contributed by atoms with Crippen LogP contribution in [-0.2, 0) is 4.74 Å². The van der Waals surface area contributed by atoms with Crippen LogP contribution in [-0.4, -0.2) is 22.8 Å². The molecule has 0 atom stereocenters. The summed E-state index contributed by atoms with van der Waals surface area (Å²) in [4.78, 5) is 11.2. The van der Waals surface area contributed by atoms with E-state index in [9.17, 15) is 9.90 Å². The van der Waals surface area contributed by atoms with Gasteiger partial charge in [-0.25, -0.2) is 4.79 Å². The molecule has 3 aromatic carbocycles. The highest BCUT2D eigenvalue weighted by Gasteiger charge is 2.05. The third-order valence-corrected chi connectivity index (χ3v) is 3.53. The number of carbonyl (C=O) groups is 1. The average Bonchev–Trinajstić information content (AvgIpc) is 2.68. The molecule has 3 rings (SSSR count). The number of hydrogen-bond donors (Lipinski definition) is 2. The minimum absolute atomic E-state index is 0.145. The summed E-state index contributed by atoms with van der Waals surface area (Å²) in [5, 5.41) is 18.5. The Hall–Kier alpha value is -3.27. The number of rotatable bonds is 4. The second-order valence-corrected chi connectivity index (χ2v) is 5.57. The zero-order valence-corrected chi connectivity index (χ0v) is 14.6. The molecule has 0 aliphatic carbocycles. The largest absolute Gasteiger partial charge is 0.508 e. The summed E-state index contributed by atoms with van der Waals surface area (Å²) in [5.74, 6) is 0.127. The molecule has 0 aromatic heterocycles. The maximum Gasteiger partial charge on any atom is 0.338 e. The molecule has 0 saturated carbocycles. The predicted octanol–water partition coefficient (Wildman–Crippen LogP) is 5.02. The highest BCUT2D eigenvalue weighted by Crippen LogP contribution is 2.27. The molecule has 0 amide bonds.